The second kappa shape index (κ2) is 7.70. The van der Waals surface area contributed by atoms with Crippen LogP contribution in [0, 0.1) is 11.3 Å². The molecule has 0 saturated carbocycles. The lowest BCUT2D eigenvalue weighted by Crippen LogP contribution is -2.21. The summed E-state index contributed by atoms with van der Waals surface area (Å²) in [6, 6.07) is 9.67. The highest BCUT2D eigenvalue weighted by Crippen LogP contribution is 2.14. The van der Waals surface area contributed by atoms with Crippen molar-refractivity contribution in [2.45, 2.75) is 12.8 Å². The van der Waals surface area contributed by atoms with Gasteiger partial charge in [-0.3, -0.25) is 4.79 Å². The number of H-pyrrole nitrogens is 1. The highest BCUT2D eigenvalue weighted by atomic mass is 16.2. The SMILES string of the molecule is CN(C)C(=O)CCc1cccc(NC=C(C#N)c2nn[nH]n2)c1. The Hall–Kier alpha value is -3.21. The zero-order chi connectivity index (χ0) is 16.7. The first kappa shape index (κ1) is 16.2. The van der Waals surface area contributed by atoms with Gasteiger partial charge in [-0.15, -0.1) is 10.2 Å². The van der Waals surface area contributed by atoms with E-state index in [-0.39, 0.29) is 17.3 Å². The van der Waals surface area contributed by atoms with Crippen molar-refractivity contribution in [2.24, 2.45) is 0 Å². The van der Waals surface area contributed by atoms with Gasteiger partial charge in [0.05, 0.1) is 0 Å². The first-order valence-electron chi connectivity index (χ1n) is 7.00. The number of aromatic amines is 1. The van der Waals surface area contributed by atoms with Crippen LogP contribution in [0.4, 0.5) is 5.69 Å². The number of nitrogens with zero attached hydrogens (tertiary/aromatic N) is 5. The largest absolute Gasteiger partial charge is 0.360 e. The summed E-state index contributed by atoms with van der Waals surface area (Å²) in [5.74, 6) is 0.319. The van der Waals surface area contributed by atoms with Gasteiger partial charge in [-0.25, -0.2) is 0 Å². The molecule has 0 bridgehead atoms. The van der Waals surface area contributed by atoms with Crippen molar-refractivity contribution in [3.8, 4) is 6.07 Å². The molecule has 0 aliphatic heterocycles. The standard InChI is InChI=1S/C15H17N7O/c1-22(2)14(23)7-6-11-4-3-5-13(8-11)17-10-12(9-16)15-18-20-21-19-15/h3-5,8,10,17H,6-7H2,1-2H3,(H,18,19,20,21). The number of hydrogen-bond donors (Lipinski definition) is 2. The van der Waals surface area contributed by atoms with Gasteiger partial charge in [-0.2, -0.15) is 10.5 Å². The Morgan fingerprint density at radius 2 is 2.30 bits per heavy atom. The van der Waals surface area contributed by atoms with Crippen LogP contribution in [-0.4, -0.2) is 45.5 Å². The number of aryl methyl sites for hydroxylation is 1. The molecule has 0 atom stereocenters. The Bertz CT molecular complexity index is 729. The normalized spacial score (nSPS) is 10.9. The van der Waals surface area contributed by atoms with Crippen molar-refractivity contribution in [3.63, 3.8) is 0 Å². The Morgan fingerprint density at radius 3 is 2.96 bits per heavy atom. The lowest BCUT2D eigenvalue weighted by Gasteiger charge is -2.10. The molecule has 0 unspecified atom stereocenters. The number of anilines is 1. The summed E-state index contributed by atoms with van der Waals surface area (Å²) in [7, 11) is 3.49. The molecule has 0 aliphatic rings. The molecule has 1 amide bonds. The summed E-state index contributed by atoms with van der Waals surface area (Å²) in [4.78, 5) is 13.2. The average Bonchev–Trinajstić information content (AvgIpc) is 3.08. The van der Waals surface area contributed by atoms with Crippen LogP contribution in [0.5, 0.6) is 0 Å². The molecule has 1 heterocycles. The average molecular weight is 311 g/mol. The number of carbonyl (C=O) groups is 1. The fourth-order valence-electron chi connectivity index (χ4n) is 1.87. The van der Waals surface area contributed by atoms with E-state index >= 15 is 0 Å². The summed E-state index contributed by atoms with van der Waals surface area (Å²) in [6.07, 6.45) is 2.64. The van der Waals surface area contributed by atoms with Crippen LogP contribution in [0.2, 0.25) is 0 Å². The fraction of sp³-hybridized carbons (Fsp3) is 0.267. The number of hydrogen-bond acceptors (Lipinski definition) is 6. The Morgan fingerprint density at radius 1 is 1.48 bits per heavy atom. The van der Waals surface area contributed by atoms with Gasteiger partial charge < -0.3 is 10.2 Å². The highest BCUT2D eigenvalue weighted by molar-refractivity contribution is 5.76. The van der Waals surface area contributed by atoms with Crippen molar-refractivity contribution in [3.05, 3.63) is 41.9 Å². The molecule has 8 heteroatoms. The van der Waals surface area contributed by atoms with Gasteiger partial charge in [-0.05, 0) is 29.3 Å². The molecule has 2 rings (SSSR count). The van der Waals surface area contributed by atoms with E-state index < -0.39 is 0 Å². The third-order valence-electron chi connectivity index (χ3n) is 3.14. The molecule has 0 fully saturated rings. The van der Waals surface area contributed by atoms with Gasteiger partial charge in [0.2, 0.25) is 11.7 Å². The fourth-order valence-corrected chi connectivity index (χ4v) is 1.87. The lowest BCUT2D eigenvalue weighted by atomic mass is 10.1. The molecule has 23 heavy (non-hydrogen) atoms. The zero-order valence-corrected chi connectivity index (χ0v) is 12.9. The summed E-state index contributed by atoms with van der Waals surface area (Å²) >= 11 is 0. The predicted molar refractivity (Wildman–Crippen MR) is 84.8 cm³/mol. The van der Waals surface area contributed by atoms with E-state index in [9.17, 15) is 4.79 Å². The van der Waals surface area contributed by atoms with Gasteiger partial charge in [0.15, 0.2) is 0 Å². The van der Waals surface area contributed by atoms with Crippen LogP contribution in [0.1, 0.15) is 17.8 Å². The van der Waals surface area contributed by atoms with E-state index in [0.717, 1.165) is 11.3 Å². The monoisotopic (exact) mass is 311 g/mol. The summed E-state index contributed by atoms with van der Waals surface area (Å²) in [6.45, 7) is 0. The Balaban J connectivity index is 2.03. The van der Waals surface area contributed by atoms with E-state index in [1.54, 1.807) is 19.0 Å². The number of allylic oxidation sites excluding steroid dienone is 1. The number of nitrogens with one attached hydrogen (secondary N) is 2. The van der Waals surface area contributed by atoms with Crippen molar-refractivity contribution in [1.82, 2.24) is 25.5 Å². The quantitative estimate of drug-likeness (QED) is 0.775. The Kier molecular flexibility index (Phi) is 5.41. The molecule has 0 aliphatic carbocycles. The molecule has 1 aromatic heterocycles. The number of carbonyl (C=O) groups excluding carboxylic acids is 1. The second-order valence-corrected chi connectivity index (χ2v) is 5.04. The third-order valence-corrected chi connectivity index (χ3v) is 3.14. The van der Waals surface area contributed by atoms with E-state index in [0.29, 0.717) is 12.8 Å². The molecule has 1 aromatic carbocycles. The lowest BCUT2D eigenvalue weighted by molar-refractivity contribution is -0.128. The van der Waals surface area contributed by atoms with Gasteiger partial charge in [0, 0.05) is 32.4 Å². The van der Waals surface area contributed by atoms with Crippen LogP contribution < -0.4 is 5.32 Å². The summed E-state index contributed by atoms with van der Waals surface area (Å²) in [5, 5.41) is 25.4. The van der Waals surface area contributed by atoms with Crippen molar-refractivity contribution >= 4 is 17.2 Å². The maximum atomic E-state index is 11.6. The number of nitriles is 1. The predicted octanol–water partition coefficient (Wildman–Crippen LogP) is 1.20. The van der Waals surface area contributed by atoms with E-state index in [1.807, 2.05) is 30.3 Å². The number of rotatable bonds is 6. The van der Waals surface area contributed by atoms with E-state index in [2.05, 4.69) is 25.9 Å². The van der Waals surface area contributed by atoms with Crippen LogP contribution in [0.15, 0.2) is 30.5 Å². The molecule has 0 spiro atoms. The molecular weight excluding hydrogens is 294 g/mol. The molecule has 118 valence electrons. The topological polar surface area (TPSA) is 111 Å². The first-order chi connectivity index (χ1) is 11.1. The van der Waals surface area contributed by atoms with Gasteiger partial charge >= 0.3 is 0 Å². The molecule has 0 saturated heterocycles. The third kappa shape index (κ3) is 4.64. The zero-order valence-electron chi connectivity index (χ0n) is 12.9. The minimum absolute atomic E-state index is 0.0899. The number of benzene rings is 1. The van der Waals surface area contributed by atoms with Crippen LogP contribution in [0.25, 0.3) is 5.57 Å². The molecule has 0 radical (unpaired) electrons. The number of tetrazole rings is 1. The Labute approximate surface area is 133 Å². The maximum Gasteiger partial charge on any atom is 0.222 e. The molecule has 2 N–H and O–H groups in total. The van der Waals surface area contributed by atoms with Crippen molar-refractivity contribution < 1.29 is 4.79 Å². The van der Waals surface area contributed by atoms with Crippen LogP contribution >= 0.6 is 0 Å². The van der Waals surface area contributed by atoms with Gasteiger partial charge in [-0.1, -0.05) is 12.1 Å². The molecule has 2 aromatic rings. The number of amides is 1. The van der Waals surface area contributed by atoms with E-state index in [1.165, 1.54) is 6.20 Å². The highest BCUT2D eigenvalue weighted by Gasteiger charge is 2.06. The smallest absolute Gasteiger partial charge is 0.222 e. The van der Waals surface area contributed by atoms with Gasteiger partial charge in [0.25, 0.3) is 0 Å². The van der Waals surface area contributed by atoms with Crippen LogP contribution in [0.3, 0.4) is 0 Å². The second-order valence-electron chi connectivity index (χ2n) is 5.04. The maximum absolute atomic E-state index is 11.6. The summed E-state index contributed by atoms with van der Waals surface area (Å²) in [5.41, 5.74) is 2.12. The minimum atomic E-state index is 0.0899. The molecule has 8 nitrogen and oxygen atoms in total. The summed E-state index contributed by atoms with van der Waals surface area (Å²) < 4.78 is 0. The minimum Gasteiger partial charge on any atom is -0.360 e. The number of aromatic nitrogens is 4. The van der Waals surface area contributed by atoms with Crippen molar-refractivity contribution in [2.75, 3.05) is 19.4 Å². The van der Waals surface area contributed by atoms with Crippen molar-refractivity contribution in [1.29, 1.82) is 5.26 Å². The van der Waals surface area contributed by atoms with Gasteiger partial charge in [0.1, 0.15) is 11.6 Å². The van der Waals surface area contributed by atoms with Crippen LogP contribution in [-0.2, 0) is 11.2 Å². The first-order valence-corrected chi connectivity index (χ1v) is 7.00. The molecular formula is C15H17N7O. The van der Waals surface area contributed by atoms with E-state index in [4.69, 9.17) is 5.26 Å².